The number of aliphatic hydroxyl groups excluding tert-OH is 1. The van der Waals surface area contributed by atoms with E-state index in [1.54, 1.807) is 0 Å². The molecule has 0 spiro atoms. The summed E-state index contributed by atoms with van der Waals surface area (Å²) in [5.41, 5.74) is 1.03. The van der Waals surface area contributed by atoms with E-state index in [2.05, 4.69) is 5.32 Å². The fourth-order valence-corrected chi connectivity index (χ4v) is 5.58. The monoisotopic (exact) mass is 586 g/mol. The van der Waals surface area contributed by atoms with E-state index in [4.69, 9.17) is 9.47 Å². The maximum atomic E-state index is 13.1. The number of alkyl carbamates (subject to hydrolysis) is 1. The Balaban J connectivity index is 1.32. The van der Waals surface area contributed by atoms with Crippen LogP contribution >= 0.6 is 11.8 Å². The Kier molecular flexibility index (Phi) is 9.19. The molecule has 2 aliphatic heterocycles. The lowest BCUT2D eigenvalue weighted by Crippen LogP contribution is -2.61. The molecule has 2 amide bonds. The number of ether oxygens (including phenoxy) is 2. The van der Waals surface area contributed by atoms with Crippen molar-refractivity contribution in [2.75, 3.05) is 12.3 Å². The van der Waals surface area contributed by atoms with E-state index in [1.807, 2.05) is 0 Å². The molecule has 0 aromatic heterocycles. The summed E-state index contributed by atoms with van der Waals surface area (Å²) in [5.74, 6) is -1.41. The maximum Gasteiger partial charge on any atom is 0.407 e. The van der Waals surface area contributed by atoms with Crippen LogP contribution in [0.15, 0.2) is 59.1 Å². The normalized spacial score (nSPS) is 18.3. The zero-order valence-electron chi connectivity index (χ0n) is 21.8. The second-order valence-electron chi connectivity index (χ2n) is 9.29. The van der Waals surface area contributed by atoms with Gasteiger partial charge in [-0.25, -0.2) is 9.59 Å². The highest BCUT2D eigenvalue weighted by molar-refractivity contribution is 8.03. The van der Waals surface area contributed by atoms with Gasteiger partial charge in [-0.1, -0.05) is 0 Å². The number of esters is 1. The van der Waals surface area contributed by atoms with Crippen LogP contribution in [0.5, 0.6) is 0 Å². The van der Waals surface area contributed by atoms with Crippen LogP contribution in [0.1, 0.15) is 24.5 Å². The molecule has 1 fully saturated rings. The van der Waals surface area contributed by atoms with E-state index < -0.39 is 33.9 Å². The number of rotatable bonds is 12. The number of thioether (sulfide) groups is 1. The summed E-state index contributed by atoms with van der Waals surface area (Å²) in [7, 11) is 0. The van der Waals surface area contributed by atoms with Crippen LogP contribution in [0.25, 0.3) is 0 Å². The molecule has 2 N–H and O–H groups in total. The molecule has 2 heterocycles. The van der Waals surface area contributed by atoms with E-state index in [1.165, 1.54) is 72.1 Å². The Bertz CT molecular complexity index is 1380. The third-order valence-corrected chi connectivity index (χ3v) is 7.68. The first-order valence-electron chi connectivity index (χ1n) is 12.5. The lowest BCUT2D eigenvalue weighted by Gasteiger charge is -2.44. The number of amides is 2. The van der Waals surface area contributed by atoms with Gasteiger partial charge in [-0.3, -0.25) is 25.0 Å². The summed E-state index contributed by atoms with van der Waals surface area (Å²) in [6.07, 6.45) is -1.24. The Labute approximate surface area is 237 Å². The number of carbonyl (C=O) groups excluding carboxylic acids is 3. The van der Waals surface area contributed by atoms with E-state index in [0.717, 1.165) is 0 Å². The molecular weight excluding hydrogens is 560 g/mol. The standard InChI is InChI=1S/C26H26N4O10S/c1-15(31)22-20-12-21(41-11-10-27-26(34)40-14-17-4-8-19(9-5-17)30(37)38)23(28(20)24(22)32)25(33)39-13-16-2-6-18(7-3-16)29(35)36/h2-9,15,20,22,31H,10-14H2,1H3,(H,27,34)/t15-,20-,22?/m1/s1. The first kappa shape index (κ1) is 29.5. The number of carbonyl (C=O) groups is 3. The van der Waals surface area contributed by atoms with Crippen LogP contribution in [0.4, 0.5) is 16.2 Å². The van der Waals surface area contributed by atoms with Crippen molar-refractivity contribution in [1.82, 2.24) is 10.2 Å². The first-order chi connectivity index (χ1) is 19.6. The predicted molar refractivity (Wildman–Crippen MR) is 144 cm³/mol. The SMILES string of the molecule is C[C@@H](O)C1C(=O)N2C(C(=O)OCc3ccc([N+](=O)[O-])cc3)=C(SCCNC(=O)OCc3ccc([N+](=O)[O-])cc3)C[C@H]12. The number of benzene rings is 2. The largest absolute Gasteiger partial charge is 0.456 e. The van der Waals surface area contributed by atoms with Crippen molar-refractivity contribution < 1.29 is 38.8 Å². The Morgan fingerprint density at radius 2 is 1.56 bits per heavy atom. The quantitative estimate of drug-likeness (QED) is 0.122. The van der Waals surface area contributed by atoms with Crippen molar-refractivity contribution >= 4 is 41.1 Å². The smallest absolute Gasteiger partial charge is 0.407 e. The number of nitrogens with one attached hydrogen (secondary N) is 1. The molecule has 0 radical (unpaired) electrons. The number of nitro groups is 2. The number of aliphatic hydroxyl groups is 1. The number of non-ortho nitro benzene ring substituents is 2. The number of nitro benzene ring substituents is 2. The molecule has 2 aromatic carbocycles. The Morgan fingerprint density at radius 3 is 2.07 bits per heavy atom. The molecule has 0 bridgehead atoms. The lowest BCUT2D eigenvalue weighted by molar-refractivity contribution is -0.385. The Morgan fingerprint density at radius 1 is 1.02 bits per heavy atom. The van der Waals surface area contributed by atoms with Gasteiger partial charge < -0.3 is 24.8 Å². The minimum Gasteiger partial charge on any atom is -0.456 e. The third-order valence-electron chi connectivity index (χ3n) is 6.56. The molecule has 1 saturated heterocycles. The van der Waals surface area contributed by atoms with Crippen LogP contribution in [0.2, 0.25) is 0 Å². The fraction of sp³-hybridized carbons (Fsp3) is 0.346. The van der Waals surface area contributed by atoms with E-state index in [0.29, 0.717) is 28.2 Å². The zero-order valence-corrected chi connectivity index (χ0v) is 22.6. The van der Waals surface area contributed by atoms with Gasteiger partial charge in [0.15, 0.2) is 0 Å². The van der Waals surface area contributed by atoms with Crippen molar-refractivity contribution in [3.63, 3.8) is 0 Å². The number of hydrogen-bond acceptors (Lipinski definition) is 11. The number of fused-ring (bicyclic) bond motifs is 1. The molecule has 0 aliphatic carbocycles. The zero-order chi connectivity index (χ0) is 29.7. The molecule has 15 heteroatoms. The van der Waals surface area contributed by atoms with Gasteiger partial charge in [0, 0.05) is 47.9 Å². The summed E-state index contributed by atoms with van der Waals surface area (Å²) in [5, 5.41) is 34.2. The van der Waals surface area contributed by atoms with Gasteiger partial charge in [0.2, 0.25) is 5.91 Å². The maximum absolute atomic E-state index is 13.1. The Hall–Kier alpha value is -4.50. The van der Waals surface area contributed by atoms with E-state index >= 15 is 0 Å². The highest BCUT2D eigenvalue weighted by Crippen LogP contribution is 2.47. The number of β-lactam (4-membered cyclic amide) rings is 1. The average Bonchev–Trinajstić information content (AvgIpc) is 3.27. The molecule has 4 rings (SSSR count). The van der Waals surface area contributed by atoms with Crippen LogP contribution in [0, 0.1) is 26.1 Å². The topological polar surface area (TPSA) is 191 Å². The van der Waals surface area contributed by atoms with Crippen molar-refractivity contribution in [3.05, 3.63) is 90.5 Å². The number of nitrogens with zero attached hydrogens (tertiary/aromatic N) is 3. The van der Waals surface area contributed by atoms with Gasteiger partial charge in [-0.15, -0.1) is 11.8 Å². The molecule has 3 atom stereocenters. The van der Waals surface area contributed by atoms with Gasteiger partial charge in [0.25, 0.3) is 11.4 Å². The van der Waals surface area contributed by atoms with Crippen LogP contribution in [-0.4, -0.2) is 62.3 Å². The first-order valence-corrected chi connectivity index (χ1v) is 13.5. The molecule has 2 aliphatic rings. The number of hydrogen-bond donors (Lipinski definition) is 2. The van der Waals surface area contributed by atoms with Gasteiger partial charge in [-0.2, -0.15) is 0 Å². The average molecular weight is 587 g/mol. The van der Waals surface area contributed by atoms with Gasteiger partial charge >= 0.3 is 12.1 Å². The van der Waals surface area contributed by atoms with Crippen LogP contribution < -0.4 is 5.32 Å². The molecule has 41 heavy (non-hydrogen) atoms. The molecule has 1 unspecified atom stereocenters. The second-order valence-corrected chi connectivity index (χ2v) is 10.5. The molecule has 216 valence electrons. The van der Waals surface area contributed by atoms with Crippen LogP contribution in [-0.2, 0) is 32.3 Å². The molecular formula is C26H26N4O10S. The summed E-state index contributed by atoms with van der Waals surface area (Å²) >= 11 is 1.27. The van der Waals surface area contributed by atoms with Crippen molar-refractivity contribution in [3.8, 4) is 0 Å². The van der Waals surface area contributed by atoms with E-state index in [9.17, 15) is 39.7 Å². The highest BCUT2D eigenvalue weighted by atomic mass is 32.2. The molecule has 0 saturated carbocycles. The summed E-state index contributed by atoms with van der Waals surface area (Å²) in [4.78, 5) is 60.3. The summed E-state index contributed by atoms with van der Waals surface area (Å²) in [6, 6.07) is 10.8. The van der Waals surface area contributed by atoms with Crippen LogP contribution in [0.3, 0.4) is 0 Å². The molecule has 2 aromatic rings. The fourth-order valence-electron chi connectivity index (χ4n) is 4.52. The third kappa shape index (κ3) is 6.81. The minimum atomic E-state index is -0.891. The van der Waals surface area contributed by atoms with Crippen molar-refractivity contribution in [1.29, 1.82) is 0 Å². The second kappa shape index (κ2) is 12.8. The van der Waals surface area contributed by atoms with Crippen molar-refractivity contribution in [2.45, 2.75) is 38.7 Å². The summed E-state index contributed by atoms with van der Waals surface area (Å²) in [6.45, 7) is 1.46. The van der Waals surface area contributed by atoms with E-state index in [-0.39, 0.29) is 48.8 Å². The van der Waals surface area contributed by atoms with Gasteiger partial charge in [0.1, 0.15) is 18.9 Å². The lowest BCUT2D eigenvalue weighted by atomic mass is 9.83. The van der Waals surface area contributed by atoms with Gasteiger partial charge in [0.05, 0.1) is 27.9 Å². The molecule has 14 nitrogen and oxygen atoms in total. The van der Waals surface area contributed by atoms with Gasteiger partial charge in [-0.05, 0) is 42.3 Å². The van der Waals surface area contributed by atoms with Crippen molar-refractivity contribution in [2.24, 2.45) is 5.92 Å². The predicted octanol–water partition coefficient (Wildman–Crippen LogP) is 3.03. The minimum absolute atomic E-state index is 0.0720. The highest BCUT2D eigenvalue weighted by Gasteiger charge is 2.57. The summed E-state index contributed by atoms with van der Waals surface area (Å²) < 4.78 is 10.5.